The zero-order chi connectivity index (χ0) is 23.5. The van der Waals surface area contributed by atoms with Crippen molar-refractivity contribution in [2.24, 2.45) is 0 Å². The second-order valence-electron chi connectivity index (χ2n) is 8.13. The minimum atomic E-state index is -0.327. The maximum absolute atomic E-state index is 13.3. The van der Waals surface area contributed by atoms with Gasteiger partial charge in [-0.3, -0.25) is 14.6 Å². The van der Waals surface area contributed by atoms with Crippen LogP contribution in [0.15, 0.2) is 73.2 Å². The van der Waals surface area contributed by atoms with Crippen molar-refractivity contribution >= 4 is 51.5 Å². The Bertz CT molecular complexity index is 1380. The fourth-order valence-corrected chi connectivity index (χ4v) is 4.34. The maximum Gasteiger partial charge on any atom is 0.257 e. The number of carbonyl (C=O) groups is 2. The van der Waals surface area contributed by atoms with E-state index in [1.165, 1.54) is 6.20 Å². The van der Waals surface area contributed by atoms with Crippen molar-refractivity contribution in [2.75, 3.05) is 22.1 Å². The highest BCUT2D eigenvalue weighted by Gasteiger charge is 2.22. The molecule has 2 amide bonds. The summed E-state index contributed by atoms with van der Waals surface area (Å²) in [5, 5.41) is 10.9. The number of carbonyl (C=O) groups excluding carboxylic acids is 2. The lowest BCUT2D eigenvalue weighted by molar-refractivity contribution is 0.0941. The monoisotopic (exact) mass is 469 g/mol. The lowest BCUT2D eigenvalue weighted by Crippen LogP contribution is -2.43. The van der Waals surface area contributed by atoms with E-state index in [0.29, 0.717) is 22.6 Å². The number of benzene rings is 2. The van der Waals surface area contributed by atoms with Crippen LogP contribution in [0.4, 0.5) is 17.2 Å². The molecule has 3 heterocycles. The van der Waals surface area contributed by atoms with Gasteiger partial charge >= 0.3 is 0 Å². The number of hydrogen-bond acceptors (Lipinski definition) is 6. The van der Waals surface area contributed by atoms with Crippen molar-refractivity contribution in [3.05, 3.63) is 89.9 Å². The van der Waals surface area contributed by atoms with Crippen LogP contribution in [0.5, 0.6) is 0 Å². The van der Waals surface area contributed by atoms with Gasteiger partial charge in [0.15, 0.2) is 5.82 Å². The third kappa shape index (κ3) is 4.58. The van der Waals surface area contributed by atoms with Crippen LogP contribution >= 0.6 is 11.8 Å². The fraction of sp³-hybridized carbons (Fsp3) is 0.154. The summed E-state index contributed by atoms with van der Waals surface area (Å²) in [5.74, 6) is 1.73. The molecule has 34 heavy (non-hydrogen) atoms. The van der Waals surface area contributed by atoms with E-state index >= 15 is 0 Å². The average molecular weight is 470 g/mol. The number of rotatable bonds is 6. The molecule has 0 unspecified atom stereocenters. The molecule has 2 aromatic heterocycles. The van der Waals surface area contributed by atoms with E-state index in [-0.39, 0.29) is 17.9 Å². The standard InChI is InChI=1S/C26H23N5O2S/c1-16-6-2-5-9-22(16)30-24-23(10-18(12-28-24)25(32)29-19-14-34-15-19)31-26(33)21-13-27-11-17-7-3-4-8-20(17)21/h2-13,19H,14-15H2,1H3,(H,28,30)(H,29,32)(H,31,33). The summed E-state index contributed by atoms with van der Waals surface area (Å²) < 4.78 is 0. The van der Waals surface area contributed by atoms with E-state index in [0.717, 1.165) is 33.5 Å². The topological polar surface area (TPSA) is 96.0 Å². The minimum absolute atomic E-state index is 0.169. The van der Waals surface area contributed by atoms with Crippen LogP contribution in [0.1, 0.15) is 26.3 Å². The fourth-order valence-electron chi connectivity index (χ4n) is 3.70. The zero-order valence-electron chi connectivity index (χ0n) is 18.5. The molecule has 4 aromatic rings. The number of aromatic nitrogens is 2. The molecule has 170 valence electrons. The lowest BCUT2D eigenvalue weighted by atomic mass is 10.1. The molecule has 1 saturated heterocycles. The van der Waals surface area contributed by atoms with Crippen LogP contribution in [-0.4, -0.2) is 39.3 Å². The van der Waals surface area contributed by atoms with Gasteiger partial charge in [0, 0.05) is 47.2 Å². The molecular formula is C26H23N5O2S. The van der Waals surface area contributed by atoms with Crippen LogP contribution in [0.3, 0.4) is 0 Å². The van der Waals surface area contributed by atoms with Crippen molar-refractivity contribution in [3.63, 3.8) is 0 Å². The van der Waals surface area contributed by atoms with Gasteiger partial charge in [0.25, 0.3) is 11.8 Å². The van der Waals surface area contributed by atoms with E-state index in [1.807, 2.05) is 55.5 Å². The number of para-hydroxylation sites is 1. The largest absolute Gasteiger partial charge is 0.348 e. The second kappa shape index (κ2) is 9.52. The van der Waals surface area contributed by atoms with Crippen LogP contribution in [0, 0.1) is 6.92 Å². The van der Waals surface area contributed by atoms with Gasteiger partial charge < -0.3 is 16.0 Å². The molecule has 1 aliphatic rings. The summed E-state index contributed by atoms with van der Waals surface area (Å²) in [5.41, 5.74) is 3.14. The summed E-state index contributed by atoms with van der Waals surface area (Å²) in [6.45, 7) is 1.99. The first kappa shape index (κ1) is 21.9. The van der Waals surface area contributed by atoms with Gasteiger partial charge in [0.2, 0.25) is 0 Å². The van der Waals surface area contributed by atoms with Crippen LogP contribution < -0.4 is 16.0 Å². The molecule has 0 aliphatic carbocycles. The minimum Gasteiger partial charge on any atom is -0.348 e. The third-order valence-electron chi connectivity index (χ3n) is 5.68. The number of nitrogens with zero attached hydrogens (tertiary/aromatic N) is 2. The summed E-state index contributed by atoms with van der Waals surface area (Å²) in [4.78, 5) is 34.8. The summed E-state index contributed by atoms with van der Waals surface area (Å²) >= 11 is 1.79. The first-order chi connectivity index (χ1) is 16.6. The molecule has 7 nitrogen and oxygen atoms in total. The molecular weight excluding hydrogens is 446 g/mol. The Balaban J connectivity index is 1.49. The zero-order valence-corrected chi connectivity index (χ0v) is 19.4. The number of pyridine rings is 2. The highest BCUT2D eigenvalue weighted by atomic mass is 32.2. The Hall–Kier alpha value is -3.91. The Morgan fingerprint density at radius 2 is 1.74 bits per heavy atom. The van der Waals surface area contributed by atoms with Gasteiger partial charge in [0.05, 0.1) is 16.8 Å². The number of fused-ring (bicyclic) bond motifs is 1. The average Bonchev–Trinajstić information content (AvgIpc) is 2.83. The van der Waals surface area contributed by atoms with Crippen molar-refractivity contribution in [1.29, 1.82) is 0 Å². The van der Waals surface area contributed by atoms with E-state index in [2.05, 4.69) is 25.9 Å². The van der Waals surface area contributed by atoms with Crippen LogP contribution in [0.25, 0.3) is 10.8 Å². The summed E-state index contributed by atoms with van der Waals surface area (Å²) in [6.07, 6.45) is 4.80. The third-order valence-corrected chi connectivity index (χ3v) is 6.96. The SMILES string of the molecule is Cc1ccccc1Nc1ncc(C(=O)NC2CSC2)cc1NC(=O)c1cncc2ccccc12. The molecule has 3 N–H and O–H groups in total. The predicted molar refractivity (Wildman–Crippen MR) is 137 cm³/mol. The van der Waals surface area contributed by atoms with E-state index in [4.69, 9.17) is 0 Å². The summed E-state index contributed by atoms with van der Waals surface area (Å²) in [6, 6.07) is 17.2. The molecule has 0 radical (unpaired) electrons. The molecule has 5 rings (SSSR count). The van der Waals surface area contributed by atoms with Crippen LogP contribution in [0.2, 0.25) is 0 Å². The number of thioether (sulfide) groups is 1. The number of hydrogen-bond donors (Lipinski definition) is 3. The Labute approximate surface area is 201 Å². The Kier molecular flexibility index (Phi) is 6.14. The lowest BCUT2D eigenvalue weighted by Gasteiger charge is -2.26. The Morgan fingerprint density at radius 3 is 2.53 bits per heavy atom. The number of amides is 2. The normalized spacial score (nSPS) is 13.2. The number of anilines is 3. The van der Waals surface area contributed by atoms with E-state index in [9.17, 15) is 9.59 Å². The molecule has 0 bridgehead atoms. The predicted octanol–water partition coefficient (Wildman–Crippen LogP) is 4.78. The Morgan fingerprint density at radius 1 is 0.941 bits per heavy atom. The van der Waals surface area contributed by atoms with E-state index in [1.54, 1.807) is 30.2 Å². The second-order valence-corrected chi connectivity index (χ2v) is 9.21. The van der Waals surface area contributed by atoms with Gasteiger partial charge in [-0.05, 0) is 30.0 Å². The van der Waals surface area contributed by atoms with Crippen molar-refractivity contribution in [3.8, 4) is 0 Å². The van der Waals surface area contributed by atoms with Gasteiger partial charge in [-0.25, -0.2) is 4.98 Å². The molecule has 0 saturated carbocycles. The van der Waals surface area contributed by atoms with Gasteiger partial charge in [-0.15, -0.1) is 0 Å². The molecule has 2 aromatic carbocycles. The van der Waals surface area contributed by atoms with Crippen LogP contribution in [-0.2, 0) is 0 Å². The maximum atomic E-state index is 13.3. The number of nitrogens with one attached hydrogen (secondary N) is 3. The highest BCUT2D eigenvalue weighted by molar-refractivity contribution is 8.00. The van der Waals surface area contributed by atoms with Gasteiger partial charge in [-0.1, -0.05) is 42.5 Å². The first-order valence-electron chi connectivity index (χ1n) is 10.9. The van der Waals surface area contributed by atoms with Gasteiger partial charge in [0.1, 0.15) is 0 Å². The molecule has 0 spiro atoms. The van der Waals surface area contributed by atoms with Crippen molar-refractivity contribution < 1.29 is 9.59 Å². The quantitative estimate of drug-likeness (QED) is 0.376. The van der Waals surface area contributed by atoms with E-state index < -0.39 is 0 Å². The first-order valence-corrected chi connectivity index (χ1v) is 12.1. The molecule has 0 atom stereocenters. The highest BCUT2D eigenvalue weighted by Crippen LogP contribution is 2.28. The van der Waals surface area contributed by atoms with Crippen molar-refractivity contribution in [1.82, 2.24) is 15.3 Å². The number of aryl methyl sites for hydroxylation is 1. The smallest absolute Gasteiger partial charge is 0.257 e. The van der Waals surface area contributed by atoms with Gasteiger partial charge in [-0.2, -0.15) is 11.8 Å². The molecule has 1 aliphatic heterocycles. The summed E-state index contributed by atoms with van der Waals surface area (Å²) in [7, 11) is 0. The molecule has 1 fully saturated rings. The van der Waals surface area contributed by atoms with Crippen molar-refractivity contribution in [2.45, 2.75) is 13.0 Å². The molecule has 8 heteroatoms.